The van der Waals surface area contributed by atoms with Crippen LogP contribution in [0.25, 0.3) is 0 Å². The number of carbonyl (C=O) groups excluding carboxylic acids is 1. The Kier molecular flexibility index (Phi) is 6.43. The van der Waals surface area contributed by atoms with Crippen LogP contribution in [0.4, 0.5) is 4.39 Å². The van der Waals surface area contributed by atoms with Gasteiger partial charge in [-0.15, -0.1) is 0 Å². The molecule has 2 aliphatic rings. The maximum atomic E-state index is 14.4. The Morgan fingerprint density at radius 2 is 1.80 bits per heavy atom. The first-order chi connectivity index (χ1) is 17.0. The molecule has 0 unspecified atom stereocenters. The van der Waals surface area contributed by atoms with Gasteiger partial charge in [-0.25, -0.2) is 4.98 Å². The summed E-state index contributed by atoms with van der Waals surface area (Å²) in [7, 11) is 3.25. The van der Waals surface area contributed by atoms with Crippen molar-refractivity contribution in [1.82, 2.24) is 14.8 Å². The van der Waals surface area contributed by atoms with Crippen molar-refractivity contribution in [2.45, 2.75) is 44.9 Å². The highest BCUT2D eigenvalue weighted by Crippen LogP contribution is 2.39. The number of hydrogen-bond donors (Lipinski definition) is 0. The molecule has 2 aromatic carbocycles. The van der Waals surface area contributed by atoms with Crippen molar-refractivity contribution in [2.24, 2.45) is 0 Å². The fourth-order valence-electron chi connectivity index (χ4n) is 5.38. The Morgan fingerprint density at radius 1 is 1.06 bits per heavy atom. The fourth-order valence-corrected chi connectivity index (χ4v) is 5.38. The van der Waals surface area contributed by atoms with Gasteiger partial charge in [0, 0.05) is 31.4 Å². The van der Waals surface area contributed by atoms with Crippen molar-refractivity contribution < 1.29 is 18.7 Å². The second-order valence-electron chi connectivity index (χ2n) is 9.21. The zero-order chi connectivity index (χ0) is 24.5. The molecule has 0 bridgehead atoms. The molecule has 0 spiro atoms. The minimum absolute atomic E-state index is 0.0664. The first kappa shape index (κ1) is 23.3. The number of halogens is 1. The van der Waals surface area contributed by atoms with Crippen LogP contribution in [0.2, 0.25) is 0 Å². The quantitative estimate of drug-likeness (QED) is 0.515. The molecule has 2 atom stereocenters. The number of ether oxygens (including phenoxy) is 2. The van der Waals surface area contributed by atoms with E-state index in [1.54, 1.807) is 26.4 Å². The molecule has 0 saturated heterocycles. The molecule has 7 heteroatoms. The van der Waals surface area contributed by atoms with E-state index in [0.29, 0.717) is 43.1 Å². The average molecular weight is 476 g/mol. The molecule has 3 aromatic rings. The largest absolute Gasteiger partial charge is 0.493 e. The third-order valence-corrected chi connectivity index (χ3v) is 7.31. The van der Waals surface area contributed by atoms with Crippen molar-refractivity contribution in [1.29, 1.82) is 0 Å². The summed E-state index contributed by atoms with van der Waals surface area (Å²) in [5.74, 6) is 0.940. The molecular weight excluding hydrogens is 445 g/mol. The van der Waals surface area contributed by atoms with Crippen LogP contribution in [0.3, 0.4) is 0 Å². The normalized spacial score (nSPS) is 19.6. The van der Waals surface area contributed by atoms with Crippen LogP contribution in [-0.2, 0) is 30.7 Å². The molecule has 1 amide bonds. The third kappa shape index (κ3) is 4.36. The van der Waals surface area contributed by atoms with Crippen LogP contribution in [0.5, 0.6) is 11.5 Å². The molecule has 6 nitrogen and oxygen atoms in total. The number of carbonyl (C=O) groups is 1. The van der Waals surface area contributed by atoms with Gasteiger partial charge < -0.3 is 14.4 Å². The Bertz CT molecular complexity index is 1250. The fraction of sp³-hybridized carbons (Fsp3) is 0.357. The lowest BCUT2D eigenvalue weighted by Gasteiger charge is -2.42. The molecule has 0 saturated carbocycles. The molecule has 3 heterocycles. The van der Waals surface area contributed by atoms with Crippen LogP contribution in [-0.4, -0.2) is 47.5 Å². The highest BCUT2D eigenvalue weighted by Gasteiger charge is 2.38. The van der Waals surface area contributed by atoms with Gasteiger partial charge in [0.05, 0.1) is 26.3 Å². The van der Waals surface area contributed by atoms with E-state index < -0.39 is 5.95 Å². The van der Waals surface area contributed by atoms with Gasteiger partial charge in [-0.05, 0) is 60.2 Å². The Morgan fingerprint density at radius 3 is 2.54 bits per heavy atom. The molecule has 1 aromatic heterocycles. The molecule has 0 N–H and O–H groups in total. The van der Waals surface area contributed by atoms with Gasteiger partial charge in [-0.2, -0.15) is 4.39 Å². The Labute approximate surface area is 205 Å². The first-order valence-corrected chi connectivity index (χ1v) is 12.0. The van der Waals surface area contributed by atoms with Crippen LogP contribution >= 0.6 is 0 Å². The Hall–Kier alpha value is -3.45. The molecule has 0 radical (unpaired) electrons. The van der Waals surface area contributed by atoms with E-state index in [2.05, 4.69) is 28.9 Å². The zero-order valence-electron chi connectivity index (χ0n) is 20.3. The van der Waals surface area contributed by atoms with E-state index in [1.807, 2.05) is 29.2 Å². The average Bonchev–Trinajstić information content (AvgIpc) is 2.88. The van der Waals surface area contributed by atoms with Gasteiger partial charge in [0.1, 0.15) is 0 Å². The smallest absolute Gasteiger partial charge is 0.240 e. The Balaban J connectivity index is 1.46. The zero-order valence-corrected chi connectivity index (χ0v) is 20.3. The lowest BCUT2D eigenvalue weighted by molar-refractivity contribution is -0.140. The van der Waals surface area contributed by atoms with Crippen molar-refractivity contribution in [3.8, 4) is 11.5 Å². The number of pyridine rings is 1. The number of fused-ring (bicyclic) bond motifs is 2. The van der Waals surface area contributed by atoms with Crippen molar-refractivity contribution in [3.05, 3.63) is 88.5 Å². The summed E-state index contributed by atoms with van der Waals surface area (Å²) in [5.41, 5.74) is 5.09. The lowest BCUT2D eigenvalue weighted by atomic mass is 9.89. The summed E-state index contributed by atoms with van der Waals surface area (Å²) in [6.07, 6.45) is 2.79. The summed E-state index contributed by atoms with van der Waals surface area (Å²) in [4.78, 5) is 21.9. The number of nitrogens with zero attached hydrogens (tertiary/aromatic N) is 3. The highest BCUT2D eigenvalue weighted by atomic mass is 19.1. The van der Waals surface area contributed by atoms with Crippen molar-refractivity contribution in [2.75, 3.05) is 20.8 Å². The standard InChI is InChI=1S/C28H30FN3O3/c1-18-23-15-26(35-3)25(34-2)14-20(23)10-12-32(18)28(33)24-13-19-7-4-5-8-21(19)16-31(24)17-22-9-6-11-30-27(22)29/h4-9,11,14-15,18,24H,10,12-13,16-17H2,1-3H3/t18-,24+/m1/s1. The van der Waals surface area contributed by atoms with Crippen LogP contribution in [0.15, 0.2) is 54.7 Å². The molecule has 0 fully saturated rings. The number of amides is 1. The summed E-state index contributed by atoms with van der Waals surface area (Å²) in [6, 6.07) is 15.2. The number of benzene rings is 2. The SMILES string of the molecule is COc1cc2c(cc1OC)[C@@H](C)N(C(=O)[C@@H]1Cc3ccccc3CN1Cc1cccnc1F)CC2. The molecule has 0 aliphatic carbocycles. The molecule has 182 valence electrons. The van der Waals surface area contributed by atoms with Gasteiger partial charge >= 0.3 is 0 Å². The van der Waals surface area contributed by atoms with Crippen LogP contribution in [0.1, 0.15) is 40.8 Å². The third-order valence-electron chi connectivity index (χ3n) is 7.31. The second-order valence-corrected chi connectivity index (χ2v) is 9.21. The number of aromatic nitrogens is 1. The summed E-state index contributed by atoms with van der Waals surface area (Å²) in [6.45, 7) is 3.60. The maximum absolute atomic E-state index is 14.4. The summed E-state index contributed by atoms with van der Waals surface area (Å²) < 4.78 is 25.4. The highest BCUT2D eigenvalue weighted by molar-refractivity contribution is 5.83. The molecule has 5 rings (SSSR count). The van der Waals surface area contributed by atoms with Gasteiger partial charge in [-0.3, -0.25) is 9.69 Å². The summed E-state index contributed by atoms with van der Waals surface area (Å²) >= 11 is 0. The predicted molar refractivity (Wildman–Crippen MR) is 131 cm³/mol. The van der Waals surface area contributed by atoms with Crippen LogP contribution in [0, 0.1) is 5.95 Å². The minimum atomic E-state index is -0.487. The number of rotatable bonds is 5. The van der Waals surface area contributed by atoms with E-state index in [0.717, 1.165) is 12.0 Å². The van der Waals surface area contributed by atoms with E-state index in [9.17, 15) is 9.18 Å². The van der Waals surface area contributed by atoms with Gasteiger partial charge in [0.2, 0.25) is 11.9 Å². The summed E-state index contributed by atoms with van der Waals surface area (Å²) in [5, 5.41) is 0. The molecular formula is C28H30FN3O3. The van der Waals surface area contributed by atoms with E-state index in [4.69, 9.17) is 9.47 Å². The van der Waals surface area contributed by atoms with E-state index in [-0.39, 0.29) is 18.0 Å². The topological polar surface area (TPSA) is 54.9 Å². The predicted octanol–water partition coefficient (Wildman–Crippen LogP) is 4.31. The van der Waals surface area contributed by atoms with Crippen LogP contribution < -0.4 is 9.47 Å². The monoisotopic (exact) mass is 475 g/mol. The van der Waals surface area contributed by atoms with E-state index in [1.165, 1.54) is 22.9 Å². The molecule has 35 heavy (non-hydrogen) atoms. The van der Waals surface area contributed by atoms with Crippen molar-refractivity contribution >= 4 is 5.91 Å². The lowest BCUT2D eigenvalue weighted by Crippen LogP contribution is -2.53. The van der Waals surface area contributed by atoms with Gasteiger partial charge in [0.15, 0.2) is 11.5 Å². The first-order valence-electron chi connectivity index (χ1n) is 12.0. The number of hydrogen-bond acceptors (Lipinski definition) is 5. The molecule has 2 aliphatic heterocycles. The van der Waals surface area contributed by atoms with E-state index >= 15 is 0 Å². The maximum Gasteiger partial charge on any atom is 0.240 e. The minimum Gasteiger partial charge on any atom is -0.493 e. The number of methoxy groups -OCH3 is 2. The van der Waals surface area contributed by atoms with Crippen molar-refractivity contribution in [3.63, 3.8) is 0 Å². The van der Waals surface area contributed by atoms with Gasteiger partial charge in [-0.1, -0.05) is 30.3 Å². The van der Waals surface area contributed by atoms with Gasteiger partial charge in [0.25, 0.3) is 0 Å². The second kappa shape index (κ2) is 9.66.